The Hall–Kier alpha value is -2.90. The Morgan fingerprint density at radius 2 is 1.96 bits per heavy atom. The Morgan fingerprint density at radius 1 is 1.19 bits per heavy atom. The van der Waals surface area contributed by atoms with Gasteiger partial charge in [-0.05, 0) is 30.2 Å². The number of carbonyl (C=O) groups is 1. The number of halogens is 3. The van der Waals surface area contributed by atoms with Crippen LogP contribution in [0.15, 0.2) is 36.7 Å². The molecular weight excluding hydrogens is 357 g/mol. The first-order valence-corrected chi connectivity index (χ1v) is 8.60. The summed E-state index contributed by atoms with van der Waals surface area (Å²) in [5.41, 5.74) is 1.52. The van der Waals surface area contributed by atoms with Gasteiger partial charge >= 0.3 is 0 Å². The molecule has 1 amide bonds. The summed E-state index contributed by atoms with van der Waals surface area (Å²) in [6.07, 6.45) is 4.08. The molecule has 3 heterocycles. The number of hydrogen-bond donors (Lipinski definition) is 0. The number of hydrogen-bond acceptors (Lipinski definition) is 3. The number of alkyl halides is 2. The monoisotopic (exact) mass is 374 g/mol. The zero-order chi connectivity index (χ0) is 19.2. The first-order chi connectivity index (χ1) is 12.8. The van der Waals surface area contributed by atoms with Crippen molar-refractivity contribution >= 4 is 16.9 Å². The van der Waals surface area contributed by atoms with E-state index in [2.05, 4.69) is 10.1 Å². The number of rotatable bonds is 4. The van der Waals surface area contributed by atoms with Crippen molar-refractivity contribution in [2.45, 2.75) is 25.8 Å². The molecular formula is C19H17F3N4O. The molecule has 0 radical (unpaired) electrons. The quantitative estimate of drug-likeness (QED) is 0.701. The SMILES string of the molecule is CC(F)(F)c1cc(-c2cnc3cnn(CC(=O)N4CCC4)c3c2)ccc1F. The van der Waals surface area contributed by atoms with E-state index in [1.165, 1.54) is 12.3 Å². The van der Waals surface area contributed by atoms with Crippen LogP contribution in [0.5, 0.6) is 0 Å². The van der Waals surface area contributed by atoms with E-state index in [9.17, 15) is 18.0 Å². The summed E-state index contributed by atoms with van der Waals surface area (Å²) in [4.78, 5) is 18.2. The molecule has 0 spiro atoms. The number of aromatic nitrogens is 3. The first-order valence-electron chi connectivity index (χ1n) is 8.60. The van der Waals surface area contributed by atoms with Crippen LogP contribution in [0.1, 0.15) is 18.9 Å². The molecule has 1 saturated heterocycles. The molecule has 1 fully saturated rings. The second-order valence-electron chi connectivity index (χ2n) is 6.75. The van der Waals surface area contributed by atoms with Crippen LogP contribution >= 0.6 is 0 Å². The summed E-state index contributed by atoms with van der Waals surface area (Å²) < 4.78 is 42.6. The van der Waals surface area contributed by atoms with Crippen molar-refractivity contribution in [3.8, 4) is 11.1 Å². The lowest BCUT2D eigenvalue weighted by molar-refractivity contribution is -0.135. The van der Waals surface area contributed by atoms with Gasteiger partial charge in [-0.15, -0.1) is 0 Å². The fraction of sp³-hybridized carbons (Fsp3) is 0.316. The van der Waals surface area contributed by atoms with Crippen LogP contribution in [-0.2, 0) is 17.3 Å². The third-order valence-electron chi connectivity index (χ3n) is 4.76. The van der Waals surface area contributed by atoms with Gasteiger partial charge < -0.3 is 4.90 Å². The van der Waals surface area contributed by atoms with Crippen molar-refractivity contribution in [2.75, 3.05) is 13.1 Å². The lowest BCUT2D eigenvalue weighted by Crippen LogP contribution is -2.43. The highest BCUT2D eigenvalue weighted by atomic mass is 19.3. The predicted molar refractivity (Wildman–Crippen MR) is 93.7 cm³/mol. The second-order valence-corrected chi connectivity index (χ2v) is 6.75. The second kappa shape index (κ2) is 6.37. The van der Waals surface area contributed by atoms with Crippen LogP contribution in [0.4, 0.5) is 13.2 Å². The highest BCUT2D eigenvalue weighted by Crippen LogP contribution is 2.33. The zero-order valence-corrected chi connectivity index (χ0v) is 14.6. The minimum absolute atomic E-state index is 0.0219. The smallest absolute Gasteiger partial charge is 0.273 e. The zero-order valence-electron chi connectivity index (χ0n) is 14.6. The Morgan fingerprint density at radius 3 is 2.63 bits per heavy atom. The normalized spacial score (nSPS) is 14.4. The summed E-state index contributed by atoms with van der Waals surface area (Å²) in [6, 6.07) is 5.31. The van der Waals surface area contributed by atoms with Crippen molar-refractivity contribution in [1.29, 1.82) is 0 Å². The number of nitrogens with zero attached hydrogens (tertiary/aromatic N) is 4. The van der Waals surface area contributed by atoms with E-state index in [1.54, 1.807) is 21.8 Å². The van der Waals surface area contributed by atoms with Gasteiger partial charge in [0.2, 0.25) is 5.91 Å². The van der Waals surface area contributed by atoms with Gasteiger partial charge in [0.15, 0.2) is 0 Å². The van der Waals surface area contributed by atoms with E-state index in [0.717, 1.165) is 31.6 Å². The minimum Gasteiger partial charge on any atom is -0.341 e. The number of likely N-dealkylation sites (tertiary alicyclic amines) is 1. The Labute approximate surface area is 153 Å². The first kappa shape index (κ1) is 17.5. The Balaban J connectivity index is 1.71. The summed E-state index contributed by atoms with van der Waals surface area (Å²) in [7, 11) is 0. The fourth-order valence-electron chi connectivity index (χ4n) is 3.08. The third kappa shape index (κ3) is 3.27. The largest absolute Gasteiger partial charge is 0.341 e. The molecule has 4 rings (SSSR count). The van der Waals surface area contributed by atoms with E-state index >= 15 is 0 Å². The number of carbonyl (C=O) groups excluding carboxylic acids is 1. The van der Waals surface area contributed by atoms with E-state index in [-0.39, 0.29) is 12.5 Å². The topological polar surface area (TPSA) is 51.0 Å². The fourth-order valence-corrected chi connectivity index (χ4v) is 3.08. The molecule has 27 heavy (non-hydrogen) atoms. The Kier molecular flexibility index (Phi) is 4.13. The van der Waals surface area contributed by atoms with Crippen molar-refractivity contribution in [2.24, 2.45) is 0 Å². The maximum absolute atomic E-state index is 13.8. The minimum atomic E-state index is -3.29. The molecule has 1 aliphatic heterocycles. The number of fused-ring (bicyclic) bond motifs is 1. The van der Waals surface area contributed by atoms with Crippen molar-refractivity contribution < 1.29 is 18.0 Å². The standard InChI is InChI=1S/C19H17F3N4O/c1-19(21,22)14-7-12(3-4-15(14)20)13-8-17-16(23-9-13)10-24-26(17)11-18(27)25-5-2-6-25/h3-4,7-10H,2,5-6,11H2,1H3. The van der Waals surface area contributed by atoms with Gasteiger partial charge in [-0.1, -0.05) is 6.07 Å². The maximum Gasteiger partial charge on any atom is 0.273 e. The van der Waals surface area contributed by atoms with Gasteiger partial charge in [0.1, 0.15) is 17.9 Å². The van der Waals surface area contributed by atoms with Crippen LogP contribution in [0.2, 0.25) is 0 Å². The molecule has 5 nitrogen and oxygen atoms in total. The highest BCUT2D eigenvalue weighted by molar-refractivity contribution is 5.83. The van der Waals surface area contributed by atoms with Crippen LogP contribution in [0, 0.1) is 5.82 Å². The van der Waals surface area contributed by atoms with E-state index in [0.29, 0.717) is 29.1 Å². The number of pyridine rings is 1. The van der Waals surface area contributed by atoms with Crippen molar-refractivity contribution in [3.63, 3.8) is 0 Å². The lowest BCUT2D eigenvalue weighted by Gasteiger charge is -2.30. The molecule has 140 valence electrons. The molecule has 1 aromatic carbocycles. The molecule has 0 unspecified atom stereocenters. The predicted octanol–water partition coefficient (Wildman–Crippen LogP) is 3.58. The molecule has 1 aliphatic rings. The number of benzene rings is 1. The van der Waals surface area contributed by atoms with Crippen LogP contribution in [-0.4, -0.2) is 38.7 Å². The highest BCUT2D eigenvalue weighted by Gasteiger charge is 2.28. The lowest BCUT2D eigenvalue weighted by atomic mass is 10.0. The van der Waals surface area contributed by atoms with Gasteiger partial charge in [-0.25, -0.2) is 13.2 Å². The molecule has 0 bridgehead atoms. The molecule has 2 aromatic heterocycles. The average molecular weight is 374 g/mol. The molecule has 0 aliphatic carbocycles. The van der Waals surface area contributed by atoms with Gasteiger partial charge in [0, 0.05) is 31.8 Å². The summed E-state index contributed by atoms with van der Waals surface area (Å²) >= 11 is 0. The van der Waals surface area contributed by atoms with Gasteiger partial charge in [-0.2, -0.15) is 5.10 Å². The summed E-state index contributed by atoms with van der Waals surface area (Å²) in [5.74, 6) is -4.26. The van der Waals surface area contributed by atoms with Crippen LogP contribution in [0.3, 0.4) is 0 Å². The van der Waals surface area contributed by atoms with E-state index in [1.807, 2.05) is 0 Å². The van der Waals surface area contributed by atoms with Crippen molar-refractivity contribution in [3.05, 3.63) is 48.0 Å². The van der Waals surface area contributed by atoms with Crippen molar-refractivity contribution in [1.82, 2.24) is 19.7 Å². The van der Waals surface area contributed by atoms with Crippen LogP contribution < -0.4 is 0 Å². The molecule has 0 N–H and O–H groups in total. The summed E-state index contributed by atoms with van der Waals surface area (Å²) in [6.45, 7) is 2.26. The molecule has 0 atom stereocenters. The summed E-state index contributed by atoms with van der Waals surface area (Å²) in [5, 5.41) is 4.21. The molecule has 3 aromatic rings. The molecule has 8 heteroatoms. The van der Waals surface area contributed by atoms with E-state index in [4.69, 9.17) is 0 Å². The van der Waals surface area contributed by atoms with Crippen LogP contribution in [0.25, 0.3) is 22.2 Å². The molecule has 0 saturated carbocycles. The number of amides is 1. The average Bonchev–Trinajstić information content (AvgIpc) is 2.95. The Bertz CT molecular complexity index is 1020. The van der Waals surface area contributed by atoms with Gasteiger partial charge in [0.05, 0.1) is 17.3 Å². The third-order valence-corrected chi connectivity index (χ3v) is 4.76. The maximum atomic E-state index is 13.8. The van der Waals surface area contributed by atoms with Gasteiger partial charge in [-0.3, -0.25) is 14.5 Å². The van der Waals surface area contributed by atoms with E-state index < -0.39 is 17.3 Å². The van der Waals surface area contributed by atoms with Gasteiger partial charge in [0.25, 0.3) is 5.92 Å².